The Morgan fingerprint density at radius 1 is 1.35 bits per heavy atom. The van der Waals surface area contributed by atoms with Gasteiger partial charge in [-0.2, -0.15) is 5.26 Å². The average Bonchev–Trinajstić information content (AvgIpc) is 2.95. The lowest BCUT2D eigenvalue weighted by atomic mass is 10.1. The first-order valence-electron chi connectivity index (χ1n) is 7.56. The SMILES string of the molecule is C=C/C(CN1CCC(C)C1)=C(\C)C#N.CC.CC.CO. The fourth-order valence-electron chi connectivity index (χ4n) is 1.82. The quantitative estimate of drug-likeness (QED) is 0.628. The van der Waals surface area contributed by atoms with Gasteiger partial charge in [0, 0.05) is 25.8 Å². The van der Waals surface area contributed by atoms with Crippen molar-refractivity contribution in [1.29, 1.82) is 5.26 Å². The molecule has 3 heteroatoms. The van der Waals surface area contributed by atoms with E-state index >= 15 is 0 Å². The summed E-state index contributed by atoms with van der Waals surface area (Å²) < 4.78 is 0. The molecule has 1 aliphatic rings. The van der Waals surface area contributed by atoms with Gasteiger partial charge in [0.15, 0.2) is 0 Å². The van der Waals surface area contributed by atoms with Crippen molar-refractivity contribution >= 4 is 0 Å². The van der Waals surface area contributed by atoms with E-state index in [-0.39, 0.29) is 0 Å². The smallest absolute Gasteiger partial charge is 0.0947 e. The van der Waals surface area contributed by atoms with E-state index in [0.717, 1.165) is 43.8 Å². The Bertz CT molecular complexity index is 290. The van der Waals surface area contributed by atoms with Gasteiger partial charge in [0.1, 0.15) is 0 Å². The van der Waals surface area contributed by atoms with Crippen LogP contribution in [0.1, 0.15) is 48.0 Å². The van der Waals surface area contributed by atoms with Crippen LogP contribution in [0.5, 0.6) is 0 Å². The van der Waals surface area contributed by atoms with Gasteiger partial charge in [-0.3, -0.25) is 4.90 Å². The Hall–Kier alpha value is -1.11. The first-order valence-corrected chi connectivity index (χ1v) is 7.56. The van der Waals surface area contributed by atoms with E-state index in [1.54, 1.807) is 0 Å². The highest BCUT2D eigenvalue weighted by atomic mass is 16.2. The normalized spacial score (nSPS) is 17.9. The lowest BCUT2D eigenvalue weighted by Gasteiger charge is -2.16. The fraction of sp³-hybridized carbons (Fsp3) is 0.706. The molecular formula is C17H34N2O. The number of allylic oxidation sites excluding steroid dienone is 1. The zero-order chi connectivity index (χ0) is 16.6. The molecule has 1 heterocycles. The number of nitrogens with zero attached hydrogens (tertiary/aromatic N) is 2. The summed E-state index contributed by atoms with van der Waals surface area (Å²) in [7, 11) is 1.00. The van der Waals surface area contributed by atoms with Crippen LogP contribution in [0.4, 0.5) is 0 Å². The summed E-state index contributed by atoms with van der Waals surface area (Å²) in [4.78, 5) is 2.39. The first-order chi connectivity index (χ1) is 9.67. The summed E-state index contributed by atoms with van der Waals surface area (Å²) in [5.74, 6) is 0.795. The van der Waals surface area contributed by atoms with E-state index in [4.69, 9.17) is 10.4 Å². The molecule has 1 saturated heterocycles. The van der Waals surface area contributed by atoms with Crippen LogP contribution >= 0.6 is 0 Å². The molecule has 0 amide bonds. The molecule has 0 aromatic heterocycles. The van der Waals surface area contributed by atoms with Crippen LogP contribution in [0.2, 0.25) is 0 Å². The number of rotatable bonds is 3. The highest BCUT2D eigenvalue weighted by Gasteiger charge is 2.18. The van der Waals surface area contributed by atoms with Gasteiger partial charge in [-0.15, -0.1) is 0 Å². The molecule has 0 aromatic rings. The molecule has 20 heavy (non-hydrogen) atoms. The highest BCUT2D eigenvalue weighted by Crippen LogP contribution is 2.17. The summed E-state index contributed by atoms with van der Waals surface area (Å²) in [5.41, 5.74) is 1.86. The second-order valence-electron chi connectivity index (χ2n) is 4.10. The Labute approximate surface area is 126 Å². The molecule has 1 rings (SSSR count). The number of hydrogen-bond acceptors (Lipinski definition) is 3. The van der Waals surface area contributed by atoms with Gasteiger partial charge in [-0.1, -0.05) is 47.3 Å². The molecule has 0 aliphatic carbocycles. The minimum absolute atomic E-state index is 0.791. The van der Waals surface area contributed by atoms with Crippen LogP contribution in [0.3, 0.4) is 0 Å². The summed E-state index contributed by atoms with van der Waals surface area (Å²) in [6.07, 6.45) is 3.08. The average molecular weight is 282 g/mol. The summed E-state index contributed by atoms with van der Waals surface area (Å²) in [6, 6.07) is 2.18. The van der Waals surface area contributed by atoms with E-state index in [2.05, 4.69) is 24.5 Å². The van der Waals surface area contributed by atoms with Crippen LogP contribution in [0.15, 0.2) is 23.8 Å². The second-order valence-corrected chi connectivity index (χ2v) is 4.10. The van der Waals surface area contributed by atoms with Crippen molar-refractivity contribution in [2.75, 3.05) is 26.7 Å². The van der Waals surface area contributed by atoms with Crippen LogP contribution in [0.25, 0.3) is 0 Å². The van der Waals surface area contributed by atoms with E-state index in [9.17, 15) is 0 Å². The van der Waals surface area contributed by atoms with Gasteiger partial charge < -0.3 is 5.11 Å². The van der Waals surface area contributed by atoms with Gasteiger partial charge >= 0.3 is 0 Å². The van der Waals surface area contributed by atoms with Gasteiger partial charge in [0.05, 0.1) is 6.07 Å². The maximum Gasteiger partial charge on any atom is 0.0947 e. The molecule has 3 nitrogen and oxygen atoms in total. The maximum absolute atomic E-state index is 8.79. The summed E-state index contributed by atoms with van der Waals surface area (Å²) in [5, 5.41) is 15.8. The topological polar surface area (TPSA) is 47.3 Å². The lowest BCUT2D eigenvalue weighted by molar-refractivity contribution is 0.358. The van der Waals surface area contributed by atoms with Crippen molar-refractivity contribution in [3.8, 4) is 6.07 Å². The predicted molar refractivity (Wildman–Crippen MR) is 89.6 cm³/mol. The largest absolute Gasteiger partial charge is 0.400 e. The molecule has 1 aliphatic heterocycles. The van der Waals surface area contributed by atoms with Crippen LogP contribution in [0, 0.1) is 17.2 Å². The van der Waals surface area contributed by atoms with E-state index in [0.29, 0.717) is 0 Å². The summed E-state index contributed by atoms with van der Waals surface area (Å²) >= 11 is 0. The van der Waals surface area contributed by atoms with Gasteiger partial charge in [0.2, 0.25) is 0 Å². The van der Waals surface area contributed by atoms with Gasteiger partial charge in [0.25, 0.3) is 0 Å². The van der Waals surface area contributed by atoms with Crippen LogP contribution in [-0.4, -0.2) is 36.8 Å². The number of hydrogen-bond donors (Lipinski definition) is 1. The minimum atomic E-state index is 0.791. The Morgan fingerprint density at radius 2 is 1.85 bits per heavy atom. The highest BCUT2D eigenvalue weighted by molar-refractivity contribution is 5.33. The Balaban J connectivity index is -0.000000425. The van der Waals surface area contributed by atoms with Crippen molar-refractivity contribution in [2.45, 2.75) is 48.0 Å². The fourth-order valence-corrected chi connectivity index (χ4v) is 1.82. The van der Waals surface area contributed by atoms with E-state index in [1.807, 2.05) is 40.7 Å². The van der Waals surface area contributed by atoms with Crippen molar-refractivity contribution in [3.05, 3.63) is 23.8 Å². The Morgan fingerprint density at radius 3 is 2.15 bits per heavy atom. The van der Waals surface area contributed by atoms with Gasteiger partial charge in [-0.25, -0.2) is 0 Å². The number of nitriles is 1. The molecule has 0 spiro atoms. The third-order valence-electron chi connectivity index (χ3n) is 2.80. The first kappa shape index (κ1) is 23.9. The zero-order valence-electron chi connectivity index (χ0n) is 14.5. The van der Waals surface area contributed by atoms with Crippen LogP contribution < -0.4 is 0 Å². The van der Waals surface area contributed by atoms with Crippen molar-refractivity contribution in [2.24, 2.45) is 5.92 Å². The molecule has 0 bridgehead atoms. The van der Waals surface area contributed by atoms with Crippen molar-refractivity contribution < 1.29 is 5.11 Å². The zero-order valence-corrected chi connectivity index (χ0v) is 14.5. The molecule has 1 fully saturated rings. The molecule has 0 aromatic carbocycles. The Kier molecular flexibility index (Phi) is 21.4. The molecule has 1 atom stereocenters. The van der Waals surface area contributed by atoms with E-state index in [1.165, 1.54) is 6.42 Å². The van der Waals surface area contributed by atoms with Crippen LogP contribution in [-0.2, 0) is 0 Å². The summed E-state index contributed by atoms with van der Waals surface area (Å²) in [6.45, 7) is 19.1. The number of aliphatic hydroxyl groups is 1. The molecule has 1 N–H and O–H groups in total. The van der Waals surface area contributed by atoms with E-state index < -0.39 is 0 Å². The van der Waals surface area contributed by atoms with Crippen molar-refractivity contribution in [3.63, 3.8) is 0 Å². The standard InChI is InChI=1S/C12H18N2.2C2H6.CH4O/c1-4-12(11(3)7-13)9-14-6-5-10(2)8-14;3*1-2/h4,10H,1,5-6,8-9H2,2-3H3;2*1-2H3;2H,1H3/b12-11-;;;. The molecule has 118 valence electrons. The van der Waals surface area contributed by atoms with Crippen molar-refractivity contribution in [1.82, 2.24) is 4.90 Å². The monoisotopic (exact) mass is 282 g/mol. The predicted octanol–water partition coefficient (Wildman–Crippen LogP) is 4.02. The molecule has 0 saturated carbocycles. The lowest BCUT2D eigenvalue weighted by Crippen LogP contribution is -2.22. The van der Waals surface area contributed by atoms with Gasteiger partial charge in [-0.05, 0) is 31.4 Å². The molecule has 1 unspecified atom stereocenters. The maximum atomic E-state index is 8.79. The molecule has 0 radical (unpaired) electrons. The minimum Gasteiger partial charge on any atom is -0.400 e. The second kappa shape index (κ2) is 17.9. The number of likely N-dealkylation sites (tertiary alicyclic amines) is 1. The third-order valence-corrected chi connectivity index (χ3v) is 2.80. The number of aliphatic hydroxyl groups excluding tert-OH is 1. The third kappa shape index (κ3) is 10.8. The molecular weight excluding hydrogens is 248 g/mol.